The minimum absolute atomic E-state index is 0.0404. The highest BCUT2D eigenvalue weighted by atomic mass is 32.2. The molecule has 2 N–H and O–H groups in total. The van der Waals surface area contributed by atoms with Crippen molar-refractivity contribution in [3.8, 4) is 0 Å². The number of hydrogen-bond donors (Lipinski definition) is 2. The van der Waals surface area contributed by atoms with E-state index in [2.05, 4.69) is 22.7 Å². The predicted molar refractivity (Wildman–Crippen MR) is 93.4 cm³/mol. The molecule has 0 spiro atoms. The highest BCUT2D eigenvalue weighted by Gasteiger charge is 2.30. The van der Waals surface area contributed by atoms with Gasteiger partial charge in [-0.15, -0.1) is 11.8 Å². The first-order valence-corrected chi connectivity index (χ1v) is 9.02. The first-order valence-electron chi connectivity index (χ1n) is 8.03. The van der Waals surface area contributed by atoms with Gasteiger partial charge >= 0.3 is 0 Å². The van der Waals surface area contributed by atoms with E-state index < -0.39 is 0 Å². The van der Waals surface area contributed by atoms with Gasteiger partial charge in [-0.25, -0.2) is 4.68 Å². The molecular weight excluding hydrogens is 324 g/mol. The zero-order chi connectivity index (χ0) is 16.7. The number of aromatic nitrogens is 2. The normalized spacial score (nSPS) is 17.8. The van der Waals surface area contributed by atoms with Gasteiger partial charge in [-0.05, 0) is 43.9 Å². The van der Waals surface area contributed by atoms with E-state index in [0.717, 1.165) is 4.90 Å². The van der Waals surface area contributed by atoms with Crippen LogP contribution in [0, 0.1) is 5.92 Å². The van der Waals surface area contributed by atoms with Gasteiger partial charge < -0.3 is 10.6 Å². The molecule has 1 atom stereocenters. The van der Waals surface area contributed by atoms with Crippen molar-refractivity contribution in [3.63, 3.8) is 0 Å². The summed E-state index contributed by atoms with van der Waals surface area (Å²) < 4.78 is 1.88. The van der Waals surface area contributed by atoms with Crippen LogP contribution in [0.3, 0.4) is 0 Å². The van der Waals surface area contributed by atoms with Crippen molar-refractivity contribution in [3.05, 3.63) is 36.0 Å². The molecule has 0 radical (unpaired) electrons. The predicted octanol–water partition coefficient (Wildman–Crippen LogP) is 3.15. The molecule has 7 heteroatoms. The Morgan fingerprint density at radius 3 is 3.04 bits per heavy atom. The number of fused-ring (bicyclic) bond motifs is 1. The molecule has 1 aromatic heterocycles. The molecule has 1 saturated carbocycles. The lowest BCUT2D eigenvalue weighted by molar-refractivity contribution is -0.113. The second-order valence-electron chi connectivity index (χ2n) is 6.24. The topological polar surface area (TPSA) is 76.0 Å². The lowest BCUT2D eigenvalue weighted by atomic mass is 10.2. The maximum absolute atomic E-state index is 12.6. The molecule has 0 bridgehead atoms. The standard InChI is InChI=1S/C17H18N4O2S/c1-10(11-2-3-11)21-15(6-7-18-21)20-17(23)12-4-5-14-13(8-12)19-16(22)9-24-14/h4-8,10-11H,2-3,9H2,1H3,(H,19,22)(H,20,23). The third-order valence-corrected chi connectivity index (χ3v) is 5.55. The van der Waals surface area contributed by atoms with Crippen molar-refractivity contribution < 1.29 is 9.59 Å². The lowest BCUT2D eigenvalue weighted by Crippen LogP contribution is -2.21. The summed E-state index contributed by atoms with van der Waals surface area (Å²) in [5, 5.41) is 10.1. The van der Waals surface area contributed by atoms with Crippen molar-refractivity contribution in [2.75, 3.05) is 16.4 Å². The van der Waals surface area contributed by atoms with Crippen LogP contribution in [0.4, 0.5) is 11.5 Å². The summed E-state index contributed by atoms with van der Waals surface area (Å²) in [7, 11) is 0. The second kappa shape index (κ2) is 5.98. The number of anilines is 2. The Labute approximate surface area is 144 Å². The van der Waals surface area contributed by atoms with Crippen LogP contribution >= 0.6 is 11.8 Å². The average Bonchev–Trinajstić information content (AvgIpc) is 3.33. The second-order valence-corrected chi connectivity index (χ2v) is 7.26. The fourth-order valence-corrected chi connectivity index (χ4v) is 3.72. The summed E-state index contributed by atoms with van der Waals surface area (Å²) in [4.78, 5) is 25.1. The van der Waals surface area contributed by atoms with E-state index in [1.807, 2.05) is 16.8 Å². The SMILES string of the molecule is CC(C1CC1)n1nccc1NC(=O)c1ccc2c(c1)NC(=O)CS2. The number of hydrogen-bond acceptors (Lipinski definition) is 4. The summed E-state index contributed by atoms with van der Waals surface area (Å²) in [5.74, 6) is 1.53. The molecule has 2 aromatic rings. The van der Waals surface area contributed by atoms with Crippen LogP contribution in [0.5, 0.6) is 0 Å². The smallest absolute Gasteiger partial charge is 0.256 e. The number of benzene rings is 1. The first kappa shape index (κ1) is 15.3. The van der Waals surface area contributed by atoms with Gasteiger partial charge in [0.25, 0.3) is 5.91 Å². The molecule has 2 aliphatic rings. The van der Waals surface area contributed by atoms with Gasteiger partial charge in [0.15, 0.2) is 0 Å². The Kier molecular flexibility index (Phi) is 3.80. The van der Waals surface area contributed by atoms with Crippen molar-refractivity contribution in [1.82, 2.24) is 9.78 Å². The maximum Gasteiger partial charge on any atom is 0.256 e. The molecule has 24 heavy (non-hydrogen) atoms. The van der Waals surface area contributed by atoms with Gasteiger partial charge in [0, 0.05) is 16.5 Å². The van der Waals surface area contributed by atoms with E-state index >= 15 is 0 Å². The van der Waals surface area contributed by atoms with Crippen LogP contribution in [0.2, 0.25) is 0 Å². The molecule has 2 amide bonds. The third kappa shape index (κ3) is 2.91. The zero-order valence-electron chi connectivity index (χ0n) is 13.3. The number of nitrogens with zero attached hydrogens (tertiary/aromatic N) is 2. The highest BCUT2D eigenvalue weighted by molar-refractivity contribution is 8.00. The van der Waals surface area contributed by atoms with Crippen molar-refractivity contribution >= 4 is 35.1 Å². The monoisotopic (exact) mass is 342 g/mol. The van der Waals surface area contributed by atoms with E-state index in [1.54, 1.807) is 18.3 Å². The van der Waals surface area contributed by atoms with E-state index in [1.165, 1.54) is 24.6 Å². The van der Waals surface area contributed by atoms with Crippen LogP contribution in [0.15, 0.2) is 35.4 Å². The Morgan fingerprint density at radius 1 is 1.42 bits per heavy atom. The van der Waals surface area contributed by atoms with Crippen LogP contribution in [0.25, 0.3) is 0 Å². The Morgan fingerprint density at radius 2 is 2.25 bits per heavy atom. The van der Waals surface area contributed by atoms with Crippen molar-refractivity contribution in [2.45, 2.75) is 30.7 Å². The minimum atomic E-state index is -0.202. The molecule has 0 saturated heterocycles. The van der Waals surface area contributed by atoms with Gasteiger partial charge in [-0.1, -0.05) is 0 Å². The fourth-order valence-electron chi connectivity index (χ4n) is 2.93. The third-order valence-electron chi connectivity index (χ3n) is 4.48. The first-order chi connectivity index (χ1) is 11.6. The fraction of sp³-hybridized carbons (Fsp3) is 0.353. The summed E-state index contributed by atoms with van der Waals surface area (Å²) in [6.07, 6.45) is 4.14. The Bertz CT molecular complexity index is 813. The average molecular weight is 342 g/mol. The van der Waals surface area contributed by atoms with E-state index in [0.29, 0.717) is 28.7 Å². The highest BCUT2D eigenvalue weighted by Crippen LogP contribution is 2.40. The number of amides is 2. The van der Waals surface area contributed by atoms with Crippen LogP contribution in [0.1, 0.15) is 36.2 Å². The summed E-state index contributed by atoms with van der Waals surface area (Å²) in [6, 6.07) is 7.48. The molecule has 4 rings (SSSR count). The number of nitrogens with one attached hydrogen (secondary N) is 2. The molecular formula is C17H18N4O2S. The Balaban J connectivity index is 1.54. The van der Waals surface area contributed by atoms with E-state index in [9.17, 15) is 9.59 Å². The van der Waals surface area contributed by atoms with Crippen LogP contribution < -0.4 is 10.6 Å². The molecule has 124 valence electrons. The Hall–Kier alpha value is -2.28. The number of thioether (sulfide) groups is 1. The molecule has 1 aliphatic carbocycles. The quantitative estimate of drug-likeness (QED) is 0.895. The summed E-state index contributed by atoms with van der Waals surface area (Å²) >= 11 is 1.48. The minimum Gasteiger partial charge on any atom is -0.324 e. The molecule has 6 nitrogen and oxygen atoms in total. The molecule has 1 aliphatic heterocycles. The zero-order valence-corrected chi connectivity index (χ0v) is 14.1. The van der Waals surface area contributed by atoms with Crippen LogP contribution in [-0.2, 0) is 4.79 Å². The van der Waals surface area contributed by atoms with E-state index in [4.69, 9.17) is 0 Å². The number of carbonyl (C=O) groups excluding carboxylic acids is 2. The van der Waals surface area contributed by atoms with Gasteiger partial charge in [0.1, 0.15) is 5.82 Å². The molecule has 1 aromatic carbocycles. The van der Waals surface area contributed by atoms with E-state index in [-0.39, 0.29) is 17.9 Å². The maximum atomic E-state index is 12.6. The molecule has 1 fully saturated rings. The lowest BCUT2D eigenvalue weighted by Gasteiger charge is -2.18. The summed E-state index contributed by atoms with van der Waals surface area (Å²) in [6.45, 7) is 2.13. The number of rotatable bonds is 4. The van der Waals surface area contributed by atoms with Gasteiger partial charge in [-0.2, -0.15) is 5.10 Å². The largest absolute Gasteiger partial charge is 0.324 e. The molecule has 2 heterocycles. The van der Waals surface area contributed by atoms with Crippen molar-refractivity contribution in [2.24, 2.45) is 5.92 Å². The molecule has 1 unspecified atom stereocenters. The van der Waals surface area contributed by atoms with Gasteiger partial charge in [0.05, 0.1) is 23.7 Å². The van der Waals surface area contributed by atoms with Crippen LogP contribution in [-0.4, -0.2) is 27.3 Å². The van der Waals surface area contributed by atoms with Crippen molar-refractivity contribution in [1.29, 1.82) is 0 Å². The number of carbonyl (C=O) groups is 2. The van der Waals surface area contributed by atoms with Gasteiger partial charge in [0.2, 0.25) is 5.91 Å². The van der Waals surface area contributed by atoms with Gasteiger partial charge in [-0.3, -0.25) is 9.59 Å². The summed E-state index contributed by atoms with van der Waals surface area (Å²) in [5.41, 5.74) is 1.21.